The lowest BCUT2D eigenvalue weighted by molar-refractivity contribution is -0.150. The molecule has 1 aromatic carbocycles. The highest BCUT2D eigenvalue weighted by Crippen LogP contribution is 2.46. The minimum absolute atomic E-state index is 0.0543. The summed E-state index contributed by atoms with van der Waals surface area (Å²) >= 11 is 0. The topological polar surface area (TPSA) is 26.3 Å². The van der Waals surface area contributed by atoms with Crippen molar-refractivity contribution in [2.75, 3.05) is 0 Å². The van der Waals surface area contributed by atoms with Crippen LogP contribution in [-0.2, 0) is 16.1 Å². The number of rotatable bonds is 3. The summed E-state index contributed by atoms with van der Waals surface area (Å²) in [5, 5.41) is 0. The van der Waals surface area contributed by atoms with Crippen molar-refractivity contribution in [1.29, 1.82) is 0 Å². The Hall–Kier alpha value is -1.31. The van der Waals surface area contributed by atoms with Crippen molar-refractivity contribution in [3.63, 3.8) is 0 Å². The molecule has 74 valence electrons. The number of ether oxygens (including phenoxy) is 1. The molecule has 1 aromatic rings. The minimum atomic E-state index is -0.172. The summed E-state index contributed by atoms with van der Waals surface area (Å²) in [6.07, 6.45) is 1.95. The van der Waals surface area contributed by atoms with Gasteiger partial charge in [-0.3, -0.25) is 4.79 Å². The van der Waals surface area contributed by atoms with Gasteiger partial charge in [0.1, 0.15) is 6.61 Å². The highest BCUT2D eigenvalue weighted by atomic mass is 16.5. The van der Waals surface area contributed by atoms with E-state index in [4.69, 9.17) is 4.74 Å². The second-order valence-electron chi connectivity index (χ2n) is 4.12. The van der Waals surface area contributed by atoms with Gasteiger partial charge in [-0.25, -0.2) is 0 Å². The van der Waals surface area contributed by atoms with Crippen LogP contribution >= 0.6 is 0 Å². The maximum Gasteiger partial charge on any atom is 0.312 e. The molecule has 0 amide bonds. The first-order valence-electron chi connectivity index (χ1n) is 4.92. The van der Waals surface area contributed by atoms with Crippen molar-refractivity contribution >= 4 is 5.97 Å². The number of benzene rings is 1. The molecule has 0 spiro atoms. The lowest BCUT2D eigenvalue weighted by atomic mass is 10.1. The average Bonchev–Trinajstić information content (AvgIpc) is 2.96. The fourth-order valence-corrected chi connectivity index (χ4v) is 1.29. The third-order valence-corrected chi connectivity index (χ3v) is 2.71. The standard InChI is InChI=1S/C12H14O2/c1-12(7-8-12)11(13)14-9-10-5-3-2-4-6-10/h2-6H,7-9H2,1H3. The van der Waals surface area contributed by atoms with Crippen molar-refractivity contribution in [1.82, 2.24) is 0 Å². The summed E-state index contributed by atoms with van der Waals surface area (Å²) in [4.78, 5) is 11.5. The molecule has 1 aliphatic rings. The summed E-state index contributed by atoms with van der Waals surface area (Å²) in [6, 6.07) is 9.77. The van der Waals surface area contributed by atoms with Crippen LogP contribution in [0.1, 0.15) is 25.3 Å². The molecule has 0 unspecified atom stereocenters. The van der Waals surface area contributed by atoms with Crippen LogP contribution in [0.5, 0.6) is 0 Å². The molecule has 2 rings (SSSR count). The lowest BCUT2D eigenvalue weighted by Crippen LogP contribution is -2.15. The highest BCUT2D eigenvalue weighted by Gasteiger charge is 2.46. The number of carbonyl (C=O) groups excluding carboxylic acids is 1. The molecule has 0 aliphatic heterocycles. The van der Waals surface area contributed by atoms with Gasteiger partial charge in [-0.1, -0.05) is 30.3 Å². The molecule has 0 N–H and O–H groups in total. The predicted molar refractivity (Wildman–Crippen MR) is 53.6 cm³/mol. The van der Waals surface area contributed by atoms with Crippen LogP contribution in [0.4, 0.5) is 0 Å². The fraction of sp³-hybridized carbons (Fsp3) is 0.417. The van der Waals surface area contributed by atoms with Crippen LogP contribution < -0.4 is 0 Å². The van der Waals surface area contributed by atoms with Crippen LogP contribution in [0.3, 0.4) is 0 Å². The Morgan fingerprint density at radius 3 is 2.57 bits per heavy atom. The molecular weight excluding hydrogens is 176 g/mol. The maximum absolute atomic E-state index is 11.5. The molecule has 0 aromatic heterocycles. The Balaban J connectivity index is 1.86. The highest BCUT2D eigenvalue weighted by molar-refractivity contribution is 5.79. The van der Waals surface area contributed by atoms with E-state index in [0.29, 0.717) is 6.61 Å². The van der Waals surface area contributed by atoms with E-state index in [2.05, 4.69) is 0 Å². The average molecular weight is 190 g/mol. The Morgan fingerprint density at radius 1 is 1.36 bits per heavy atom. The van der Waals surface area contributed by atoms with Gasteiger partial charge >= 0.3 is 5.97 Å². The number of carbonyl (C=O) groups is 1. The first-order chi connectivity index (χ1) is 6.71. The third kappa shape index (κ3) is 1.95. The van der Waals surface area contributed by atoms with Gasteiger partial charge in [0, 0.05) is 0 Å². The molecule has 0 atom stereocenters. The second kappa shape index (κ2) is 3.45. The Kier molecular flexibility index (Phi) is 2.28. The largest absolute Gasteiger partial charge is 0.460 e. The van der Waals surface area contributed by atoms with Crippen LogP contribution in [0.15, 0.2) is 30.3 Å². The monoisotopic (exact) mass is 190 g/mol. The molecule has 1 saturated carbocycles. The quantitative estimate of drug-likeness (QED) is 0.684. The zero-order valence-electron chi connectivity index (χ0n) is 8.32. The van der Waals surface area contributed by atoms with E-state index in [1.165, 1.54) is 0 Å². The van der Waals surface area contributed by atoms with Crippen LogP contribution in [0.2, 0.25) is 0 Å². The summed E-state index contributed by atoms with van der Waals surface area (Å²) in [7, 11) is 0. The molecule has 1 fully saturated rings. The van der Waals surface area contributed by atoms with Gasteiger partial charge in [0.05, 0.1) is 5.41 Å². The molecule has 0 bridgehead atoms. The second-order valence-corrected chi connectivity index (χ2v) is 4.12. The van der Waals surface area contributed by atoms with E-state index in [0.717, 1.165) is 18.4 Å². The molecular formula is C12H14O2. The van der Waals surface area contributed by atoms with Gasteiger partial charge in [-0.05, 0) is 25.3 Å². The predicted octanol–water partition coefficient (Wildman–Crippen LogP) is 2.53. The smallest absolute Gasteiger partial charge is 0.312 e. The van der Waals surface area contributed by atoms with Crippen molar-refractivity contribution in [2.24, 2.45) is 5.41 Å². The van der Waals surface area contributed by atoms with Crippen molar-refractivity contribution in [2.45, 2.75) is 26.4 Å². The van der Waals surface area contributed by atoms with Crippen molar-refractivity contribution in [3.05, 3.63) is 35.9 Å². The summed E-state index contributed by atoms with van der Waals surface area (Å²) in [6.45, 7) is 2.36. The van der Waals surface area contributed by atoms with E-state index >= 15 is 0 Å². The van der Waals surface area contributed by atoms with Crippen molar-refractivity contribution in [3.8, 4) is 0 Å². The Bertz CT molecular complexity index is 325. The fourth-order valence-electron chi connectivity index (χ4n) is 1.29. The molecule has 0 heterocycles. The third-order valence-electron chi connectivity index (χ3n) is 2.71. The molecule has 0 saturated heterocycles. The van der Waals surface area contributed by atoms with Crippen LogP contribution in [-0.4, -0.2) is 5.97 Å². The summed E-state index contributed by atoms with van der Waals surface area (Å²) in [5.74, 6) is -0.0543. The maximum atomic E-state index is 11.5. The SMILES string of the molecule is CC1(C(=O)OCc2ccccc2)CC1. The van der Waals surface area contributed by atoms with Gasteiger partial charge in [0.2, 0.25) is 0 Å². The van der Waals surface area contributed by atoms with E-state index in [-0.39, 0.29) is 11.4 Å². The lowest BCUT2D eigenvalue weighted by Gasteiger charge is -2.08. The number of esters is 1. The van der Waals surface area contributed by atoms with E-state index in [1.807, 2.05) is 37.3 Å². The zero-order chi connectivity index (χ0) is 10.0. The first kappa shape index (κ1) is 9.25. The van der Waals surface area contributed by atoms with Gasteiger partial charge in [0.15, 0.2) is 0 Å². The molecule has 2 heteroatoms. The van der Waals surface area contributed by atoms with Gasteiger partial charge in [0.25, 0.3) is 0 Å². The molecule has 0 radical (unpaired) electrons. The number of hydrogen-bond donors (Lipinski definition) is 0. The van der Waals surface area contributed by atoms with Gasteiger partial charge < -0.3 is 4.74 Å². The summed E-state index contributed by atoms with van der Waals surface area (Å²) < 4.78 is 5.22. The summed E-state index contributed by atoms with van der Waals surface area (Å²) in [5.41, 5.74) is 0.875. The van der Waals surface area contributed by atoms with Gasteiger partial charge in [-0.15, -0.1) is 0 Å². The minimum Gasteiger partial charge on any atom is -0.460 e. The van der Waals surface area contributed by atoms with Crippen LogP contribution in [0.25, 0.3) is 0 Å². The normalized spacial score (nSPS) is 17.5. The molecule has 2 nitrogen and oxygen atoms in total. The zero-order valence-corrected chi connectivity index (χ0v) is 8.32. The van der Waals surface area contributed by atoms with Gasteiger partial charge in [-0.2, -0.15) is 0 Å². The first-order valence-corrected chi connectivity index (χ1v) is 4.92. The Labute approximate surface area is 83.9 Å². The van der Waals surface area contributed by atoms with E-state index in [1.54, 1.807) is 0 Å². The Morgan fingerprint density at radius 2 is 2.00 bits per heavy atom. The number of hydrogen-bond acceptors (Lipinski definition) is 2. The van der Waals surface area contributed by atoms with Crippen LogP contribution in [0, 0.1) is 5.41 Å². The van der Waals surface area contributed by atoms with Crippen molar-refractivity contribution < 1.29 is 9.53 Å². The van der Waals surface area contributed by atoms with E-state index in [9.17, 15) is 4.79 Å². The molecule has 14 heavy (non-hydrogen) atoms. The molecule has 1 aliphatic carbocycles. The van der Waals surface area contributed by atoms with E-state index < -0.39 is 0 Å².